The van der Waals surface area contributed by atoms with Crippen molar-refractivity contribution in [3.8, 4) is 0 Å². The minimum atomic E-state index is -0.583. The molecule has 2 heterocycles. The standard InChI is InChI=1S/C30H42N4O3/c1-33-19-21(17-30(37-2)24-14-9-15-25-27(24)20(18-31-25)16-26(30)33)28(35)34(23-12-7-4-8-13-23)29(36)32-22-10-5-3-6-11-22/h9,14-15,18,21-23,26,31H,3-8,10-13,16-17,19H2,1-2H3,(H,32,36)/t21?,26-,30-/m1/s1. The number of rotatable bonds is 4. The van der Waals surface area contributed by atoms with E-state index in [0.29, 0.717) is 13.0 Å². The van der Waals surface area contributed by atoms with E-state index in [-0.39, 0.29) is 36.0 Å². The Morgan fingerprint density at radius 3 is 2.54 bits per heavy atom. The topological polar surface area (TPSA) is 77.7 Å². The lowest BCUT2D eigenvalue weighted by Crippen LogP contribution is -2.63. The number of fused-ring (bicyclic) bond motifs is 2. The van der Waals surface area contributed by atoms with Crippen LogP contribution >= 0.6 is 0 Å². The summed E-state index contributed by atoms with van der Waals surface area (Å²) in [6, 6.07) is 6.53. The van der Waals surface area contributed by atoms with Gasteiger partial charge in [-0.05, 0) is 62.8 Å². The lowest BCUT2D eigenvalue weighted by molar-refractivity contribution is -0.155. The summed E-state index contributed by atoms with van der Waals surface area (Å²) in [7, 11) is 3.90. The molecule has 3 fully saturated rings. The molecule has 1 aromatic heterocycles. The molecule has 4 aliphatic rings. The van der Waals surface area contributed by atoms with E-state index in [4.69, 9.17) is 4.74 Å². The number of carbonyl (C=O) groups excluding carboxylic acids is 2. The normalized spacial score (nSPS) is 29.1. The Morgan fingerprint density at radius 1 is 1.08 bits per heavy atom. The Labute approximate surface area is 220 Å². The van der Waals surface area contributed by atoms with Crippen molar-refractivity contribution < 1.29 is 14.3 Å². The summed E-state index contributed by atoms with van der Waals surface area (Å²) >= 11 is 0. The summed E-state index contributed by atoms with van der Waals surface area (Å²) < 4.78 is 6.43. The largest absolute Gasteiger partial charge is 0.372 e. The summed E-state index contributed by atoms with van der Waals surface area (Å²) in [6.45, 7) is 0.643. The molecule has 1 aliphatic heterocycles. The number of likely N-dealkylation sites (tertiary alicyclic amines) is 1. The van der Waals surface area contributed by atoms with Gasteiger partial charge in [-0.3, -0.25) is 14.6 Å². The van der Waals surface area contributed by atoms with Crippen LogP contribution in [0.5, 0.6) is 0 Å². The summed E-state index contributed by atoms with van der Waals surface area (Å²) in [5, 5.41) is 4.51. The second-order valence-corrected chi connectivity index (χ2v) is 12.0. The first-order chi connectivity index (χ1) is 18.0. The van der Waals surface area contributed by atoms with Gasteiger partial charge in [0.1, 0.15) is 5.60 Å². The number of likely N-dealkylation sites (N-methyl/N-ethyl adjacent to an activating group) is 1. The third-order valence-corrected chi connectivity index (χ3v) is 9.83. The molecule has 0 bridgehead atoms. The average Bonchev–Trinajstić information content (AvgIpc) is 3.34. The third-order valence-electron chi connectivity index (χ3n) is 9.83. The van der Waals surface area contributed by atoms with Gasteiger partial charge in [-0.2, -0.15) is 0 Å². The Kier molecular flexibility index (Phi) is 6.78. The maximum atomic E-state index is 14.4. The van der Waals surface area contributed by atoms with Crippen molar-refractivity contribution in [1.82, 2.24) is 20.1 Å². The zero-order chi connectivity index (χ0) is 25.6. The van der Waals surface area contributed by atoms with Crippen molar-refractivity contribution in [3.63, 3.8) is 0 Å². The first-order valence-electron chi connectivity index (χ1n) is 14.5. The van der Waals surface area contributed by atoms with Crippen molar-refractivity contribution in [2.45, 2.75) is 101 Å². The minimum Gasteiger partial charge on any atom is -0.372 e. The monoisotopic (exact) mass is 506 g/mol. The summed E-state index contributed by atoms with van der Waals surface area (Å²) in [5.74, 6) is -0.315. The predicted molar refractivity (Wildman–Crippen MR) is 144 cm³/mol. The molecule has 1 saturated heterocycles. The van der Waals surface area contributed by atoms with Crippen LogP contribution in [0.15, 0.2) is 24.4 Å². The smallest absolute Gasteiger partial charge is 0.324 e. The molecule has 2 aromatic rings. The van der Waals surface area contributed by atoms with Crippen LogP contribution < -0.4 is 5.32 Å². The number of ether oxygens (including phenoxy) is 1. The molecule has 37 heavy (non-hydrogen) atoms. The van der Waals surface area contributed by atoms with Crippen molar-refractivity contribution in [2.75, 3.05) is 20.7 Å². The maximum Gasteiger partial charge on any atom is 0.324 e. The van der Waals surface area contributed by atoms with Crippen molar-refractivity contribution in [1.29, 1.82) is 0 Å². The van der Waals surface area contributed by atoms with E-state index in [1.165, 1.54) is 29.4 Å². The minimum absolute atomic E-state index is 0.00238. The summed E-state index contributed by atoms with van der Waals surface area (Å²) in [4.78, 5) is 35.5. The number of hydrogen-bond donors (Lipinski definition) is 2. The van der Waals surface area contributed by atoms with Gasteiger partial charge in [0.2, 0.25) is 5.91 Å². The van der Waals surface area contributed by atoms with Crippen molar-refractivity contribution >= 4 is 22.8 Å². The van der Waals surface area contributed by atoms with E-state index in [0.717, 1.165) is 63.3 Å². The summed E-state index contributed by atoms with van der Waals surface area (Å²) in [6.07, 6.45) is 14.4. The van der Waals surface area contributed by atoms with Gasteiger partial charge in [0.15, 0.2) is 0 Å². The van der Waals surface area contributed by atoms with Crippen LogP contribution in [0, 0.1) is 5.92 Å². The lowest BCUT2D eigenvalue weighted by atomic mass is 9.68. The molecule has 7 nitrogen and oxygen atoms in total. The highest BCUT2D eigenvalue weighted by molar-refractivity contribution is 5.96. The van der Waals surface area contributed by atoms with Crippen LogP contribution in [0.1, 0.15) is 81.8 Å². The zero-order valence-corrected chi connectivity index (χ0v) is 22.4. The van der Waals surface area contributed by atoms with E-state index in [1.54, 1.807) is 12.0 Å². The number of urea groups is 1. The molecule has 3 aliphatic carbocycles. The number of carbonyl (C=O) groups is 2. The number of H-pyrrole nitrogens is 1. The van der Waals surface area contributed by atoms with Gasteiger partial charge >= 0.3 is 6.03 Å². The predicted octanol–water partition coefficient (Wildman–Crippen LogP) is 5.09. The Bertz CT molecular complexity index is 1150. The molecular weight excluding hydrogens is 464 g/mol. The van der Waals surface area contributed by atoms with Gasteiger partial charge in [-0.15, -0.1) is 0 Å². The number of nitrogens with zero attached hydrogens (tertiary/aromatic N) is 2. The van der Waals surface area contributed by atoms with E-state index < -0.39 is 5.60 Å². The molecule has 7 heteroatoms. The van der Waals surface area contributed by atoms with Gasteiger partial charge in [0.25, 0.3) is 0 Å². The van der Waals surface area contributed by atoms with E-state index in [2.05, 4.69) is 46.6 Å². The molecule has 200 valence electrons. The van der Waals surface area contributed by atoms with E-state index in [9.17, 15) is 9.59 Å². The quantitative estimate of drug-likeness (QED) is 0.606. The second-order valence-electron chi connectivity index (χ2n) is 12.0. The number of benzene rings is 1. The van der Waals surface area contributed by atoms with Gasteiger partial charge in [-0.1, -0.05) is 50.7 Å². The van der Waals surface area contributed by atoms with Crippen LogP contribution in [0.25, 0.3) is 10.9 Å². The number of aromatic nitrogens is 1. The first-order valence-corrected chi connectivity index (χ1v) is 14.5. The fourth-order valence-electron chi connectivity index (χ4n) is 7.95. The molecule has 1 unspecified atom stereocenters. The maximum absolute atomic E-state index is 14.4. The summed E-state index contributed by atoms with van der Waals surface area (Å²) in [5.41, 5.74) is 3.02. The Morgan fingerprint density at radius 2 is 1.81 bits per heavy atom. The number of hydrogen-bond acceptors (Lipinski definition) is 4. The highest BCUT2D eigenvalue weighted by Gasteiger charge is 2.54. The molecule has 3 atom stereocenters. The van der Waals surface area contributed by atoms with Crippen LogP contribution in [-0.4, -0.2) is 65.5 Å². The molecule has 0 spiro atoms. The molecule has 3 amide bonds. The lowest BCUT2D eigenvalue weighted by Gasteiger charge is -2.53. The fraction of sp³-hybridized carbons (Fsp3) is 0.667. The number of nitrogens with one attached hydrogen (secondary N) is 2. The SMILES string of the molecule is CO[C@@]12CC(C(=O)N(C(=O)NC3CCCCC3)C3CCCCC3)CN(C)[C@@H]1Cc1c[nH]c3cccc2c13. The van der Waals surface area contributed by atoms with Crippen molar-refractivity contribution in [2.24, 2.45) is 5.92 Å². The number of aromatic amines is 1. The van der Waals surface area contributed by atoms with Gasteiger partial charge in [-0.25, -0.2) is 4.79 Å². The van der Waals surface area contributed by atoms with Gasteiger partial charge < -0.3 is 15.0 Å². The molecule has 1 aromatic carbocycles. The van der Waals surface area contributed by atoms with Crippen molar-refractivity contribution in [3.05, 3.63) is 35.5 Å². The number of imide groups is 1. The van der Waals surface area contributed by atoms with Crippen LogP contribution in [-0.2, 0) is 21.6 Å². The van der Waals surface area contributed by atoms with Gasteiger partial charge in [0.05, 0.1) is 5.92 Å². The zero-order valence-electron chi connectivity index (χ0n) is 22.4. The van der Waals surface area contributed by atoms with Crippen LogP contribution in [0.4, 0.5) is 4.79 Å². The molecule has 2 N–H and O–H groups in total. The molecule has 6 rings (SSSR count). The Balaban J connectivity index is 1.32. The fourth-order valence-corrected chi connectivity index (χ4v) is 7.95. The molecule has 0 radical (unpaired) electrons. The molecule has 2 saturated carbocycles. The van der Waals surface area contributed by atoms with Crippen LogP contribution in [0.3, 0.4) is 0 Å². The van der Waals surface area contributed by atoms with E-state index >= 15 is 0 Å². The Hall–Kier alpha value is -2.38. The van der Waals surface area contributed by atoms with Gasteiger partial charge in [0, 0.05) is 48.9 Å². The second kappa shape index (κ2) is 10.1. The molecular formula is C30H42N4O3. The number of methoxy groups -OCH3 is 1. The average molecular weight is 507 g/mol. The van der Waals surface area contributed by atoms with Crippen LogP contribution in [0.2, 0.25) is 0 Å². The third kappa shape index (κ3) is 4.28. The number of amides is 3. The highest BCUT2D eigenvalue weighted by atomic mass is 16.5. The number of piperidine rings is 1. The first kappa shape index (κ1) is 24.9. The van der Waals surface area contributed by atoms with E-state index in [1.807, 2.05) is 0 Å². The highest BCUT2D eigenvalue weighted by Crippen LogP contribution is 2.49.